The van der Waals surface area contributed by atoms with Gasteiger partial charge in [-0.3, -0.25) is 10.3 Å². The van der Waals surface area contributed by atoms with Gasteiger partial charge in [0.25, 0.3) is 0 Å². The van der Waals surface area contributed by atoms with Crippen LogP contribution in [0, 0.1) is 0 Å². The molecule has 0 unspecified atom stereocenters. The molecule has 1 aromatic carbocycles. The van der Waals surface area contributed by atoms with Crippen LogP contribution in [0.25, 0.3) is 0 Å². The number of hydrazone groups is 1. The van der Waals surface area contributed by atoms with E-state index in [-0.39, 0.29) is 0 Å². The predicted octanol–water partition coefficient (Wildman–Crippen LogP) is 2.51. The molecular weight excluding hydrogens is 355 g/mol. The van der Waals surface area contributed by atoms with E-state index in [1.165, 1.54) is 0 Å². The molecule has 1 aliphatic rings. The van der Waals surface area contributed by atoms with Gasteiger partial charge in [-0.05, 0) is 37.3 Å². The zero-order valence-electron chi connectivity index (χ0n) is 12.9. The minimum absolute atomic E-state index is 0.482. The Morgan fingerprint density at radius 3 is 2.83 bits per heavy atom. The van der Waals surface area contributed by atoms with E-state index in [9.17, 15) is 0 Å². The van der Waals surface area contributed by atoms with Gasteiger partial charge in [-0.15, -0.1) is 0 Å². The first-order chi connectivity index (χ1) is 11.1. The fourth-order valence-corrected chi connectivity index (χ4v) is 2.74. The molecule has 0 aliphatic carbocycles. The maximum atomic E-state index is 6.14. The molecule has 1 aromatic rings. The lowest BCUT2D eigenvalue weighted by Crippen LogP contribution is -2.42. The summed E-state index contributed by atoms with van der Waals surface area (Å²) in [7, 11) is 0. The SMILES string of the molecule is C/C(=N\NC(=S)NCCN1CCOCC1)c1cc(Cl)ccc1Cl. The van der Waals surface area contributed by atoms with Gasteiger partial charge in [0.2, 0.25) is 0 Å². The van der Waals surface area contributed by atoms with Gasteiger partial charge in [0.05, 0.1) is 18.9 Å². The number of nitrogens with one attached hydrogen (secondary N) is 2. The second-order valence-corrected chi connectivity index (χ2v) is 6.39. The van der Waals surface area contributed by atoms with Crippen molar-refractivity contribution in [3.05, 3.63) is 33.8 Å². The number of halogens is 2. The molecule has 126 valence electrons. The van der Waals surface area contributed by atoms with Gasteiger partial charge in [0, 0.05) is 41.8 Å². The molecule has 0 atom stereocenters. The molecule has 1 fully saturated rings. The molecule has 0 spiro atoms. The number of morpholine rings is 1. The van der Waals surface area contributed by atoms with Crippen LogP contribution in [0.15, 0.2) is 23.3 Å². The summed E-state index contributed by atoms with van der Waals surface area (Å²) in [4.78, 5) is 2.33. The number of thiocarbonyl (C=S) groups is 1. The average molecular weight is 375 g/mol. The van der Waals surface area contributed by atoms with Gasteiger partial charge in [-0.1, -0.05) is 23.2 Å². The minimum Gasteiger partial charge on any atom is -0.379 e. The molecular formula is C15H20Cl2N4OS. The third-order valence-corrected chi connectivity index (χ3v) is 4.26. The molecule has 0 radical (unpaired) electrons. The Kier molecular flexibility index (Phi) is 7.52. The molecule has 23 heavy (non-hydrogen) atoms. The number of nitrogens with zero attached hydrogens (tertiary/aromatic N) is 2. The van der Waals surface area contributed by atoms with E-state index in [0.29, 0.717) is 15.2 Å². The molecule has 0 bridgehead atoms. The Morgan fingerprint density at radius 1 is 1.35 bits per heavy atom. The summed E-state index contributed by atoms with van der Waals surface area (Å²) in [6.45, 7) is 7.06. The topological polar surface area (TPSA) is 48.9 Å². The van der Waals surface area contributed by atoms with Gasteiger partial charge in [0.15, 0.2) is 5.11 Å². The molecule has 5 nitrogen and oxygen atoms in total. The lowest BCUT2D eigenvalue weighted by molar-refractivity contribution is 0.0389. The Morgan fingerprint density at radius 2 is 2.09 bits per heavy atom. The van der Waals surface area contributed by atoms with Crippen molar-refractivity contribution in [1.82, 2.24) is 15.6 Å². The summed E-state index contributed by atoms with van der Waals surface area (Å²) < 4.78 is 5.31. The van der Waals surface area contributed by atoms with Crippen LogP contribution >= 0.6 is 35.4 Å². The second-order valence-electron chi connectivity index (χ2n) is 5.14. The zero-order valence-corrected chi connectivity index (χ0v) is 15.3. The van der Waals surface area contributed by atoms with Crippen molar-refractivity contribution in [3.8, 4) is 0 Å². The average Bonchev–Trinajstić information content (AvgIpc) is 2.56. The smallest absolute Gasteiger partial charge is 0.187 e. The standard InChI is InChI=1S/C15H20Cl2N4OS/c1-11(13-10-12(16)2-3-14(13)17)19-20-15(23)18-4-5-21-6-8-22-9-7-21/h2-3,10H,4-9H2,1H3,(H2,18,20,23)/b19-11+. The largest absolute Gasteiger partial charge is 0.379 e. The van der Waals surface area contributed by atoms with E-state index in [4.69, 9.17) is 40.2 Å². The first-order valence-corrected chi connectivity index (χ1v) is 8.56. The predicted molar refractivity (Wildman–Crippen MR) is 99.7 cm³/mol. The van der Waals surface area contributed by atoms with Crippen molar-refractivity contribution in [3.63, 3.8) is 0 Å². The third kappa shape index (κ3) is 6.24. The molecule has 0 amide bonds. The highest BCUT2D eigenvalue weighted by Gasteiger charge is 2.09. The number of hydrogen-bond acceptors (Lipinski definition) is 4. The molecule has 2 N–H and O–H groups in total. The molecule has 8 heteroatoms. The van der Waals surface area contributed by atoms with E-state index in [2.05, 4.69) is 20.7 Å². The lowest BCUT2D eigenvalue weighted by atomic mass is 10.1. The number of rotatable bonds is 5. The summed E-state index contributed by atoms with van der Waals surface area (Å²) in [6.07, 6.45) is 0. The van der Waals surface area contributed by atoms with E-state index >= 15 is 0 Å². The van der Waals surface area contributed by atoms with Crippen LogP contribution < -0.4 is 10.7 Å². The van der Waals surface area contributed by atoms with Crippen LogP contribution in [0.5, 0.6) is 0 Å². The van der Waals surface area contributed by atoms with Crippen LogP contribution in [-0.2, 0) is 4.74 Å². The van der Waals surface area contributed by atoms with E-state index < -0.39 is 0 Å². The normalized spacial score (nSPS) is 16.2. The number of benzene rings is 1. The van der Waals surface area contributed by atoms with Crippen molar-refractivity contribution in [2.45, 2.75) is 6.92 Å². The lowest BCUT2D eigenvalue weighted by Gasteiger charge is -2.26. The number of ether oxygens (including phenoxy) is 1. The van der Waals surface area contributed by atoms with E-state index in [0.717, 1.165) is 50.7 Å². The first kappa shape index (κ1) is 18.4. The fourth-order valence-electron chi connectivity index (χ4n) is 2.16. The van der Waals surface area contributed by atoms with E-state index in [1.807, 2.05) is 6.92 Å². The van der Waals surface area contributed by atoms with Crippen LogP contribution in [0.1, 0.15) is 12.5 Å². The Balaban J connectivity index is 1.77. The summed E-state index contributed by atoms with van der Waals surface area (Å²) in [5.41, 5.74) is 4.33. The molecule has 0 saturated carbocycles. The third-order valence-electron chi connectivity index (χ3n) is 3.46. The Labute approximate surface area is 152 Å². The first-order valence-electron chi connectivity index (χ1n) is 7.40. The molecule has 1 aliphatic heterocycles. The van der Waals surface area contributed by atoms with Crippen molar-refractivity contribution in [1.29, 1.82) is 0 Å². The summed E-state index contributed by atoms with van der Waals surface area (Å²) in [6, 6.07) is 5.27. The minimum atomic E-state index is 0.482. The molecule has 1 heterocycles. The molecule has 2 rings (SSSR count). The highest BCUT2D eigenvalue weighted by Crippen LogP contribution is 2.21. The number of hydrogen-bond donors (Lipinski definition) is 2. The van der Waals surface area contributed by atoms with Crippen molar-refractivity contribution in [2.75, 3.05) is 39.4 Å². The quantitative estimate of drug-likeness (QED) is 0.471. The maximum absolute atomic E-state index is 6.14. The van der Waals surface area contributed by atoms with Crippen LogP contribution in [0.3, 0.4) is 0 Å². The molecule has 1 saturated heterocycles. The Bertz CT molecular complexity index is 577. The van der Waals surface area contributed by atoms with Crippen LogP contribution in [0.4, 0.5) is 0 Å². The van der Waals surface area contributed by atoms with Crippen molar-refractivity contribution in [2.24, 2.45) is 5.10 Å². The van der Waals surface area contributed by atoms with Gasteiger partial charge in [0.1, 0.15) is 0 Å². The van der Waals surface area contributed by atoms with Gasteiger partial charge < -0.3 is 10.1 Å². The highest BCUT2D eigenvalue weighted by atomic mass is 35.5. The fraction of sp³-hybridized carbons (Fsp3) is 0.467. The highest BCUT2D eigenvalue weighted by molar-refractivity contribution is 7.80. The van der Waals surface area contributed by atoms with Gasteiger partial charge in [-0.2, -0.15) is 5.10 Å². The summed E-state index contributed by atoms with van der Waals surface area (Å²) in [5, 5.41) is 9.08. The van der Waals surface area contributed by atoms with E-state index in [1.54, 1.807) is 18.2 Å². The summed E-state index contributed by atoms with van der Waals surface area (Å²) >= 11 is 17.3. The molecule has 0 aromatic heterocycles. The van der Waals surface area contributed by atoms with Crippen LogP contribution in [-0.4, -0.2) is 55.1 Å². The Hall–Kier alpha value is -0.920. The van der Waals surface area contributed by atoms with Gasteiger partial charge >= 0.3 is 0 Å². The zero-order chi connectivity index (χ0) is 16.7. The summed E-state index contributed by atoms with van der Waals surface area (Å²) in [5.74, 6) is 0. The maximum Gasteiger partial charge on any atom is 0.187 e. The van der Waals surface area contributed by atoms with Crippen LogP contribution in [0.2, 0.25) is 10.0 Å². The van der Waals surface area contributed by atoms with Crippen molar-refractivity contribution >= 4 is 46.2 Å². The second kappa shape index (κ2) is 9.39. The van der Waals surface area contributed by atoms with Gasteiger partial charge in [-0.25, -0.2) is 0 Å². The monoisotopic (exact) mass is 374 g/mol. The van der Waals surface area contributed by atoms with Crippen molar-refractivity contribution < 1.29 is 4.74 Å².